The molecular weight excluding hydrogens is 434 g/mol. The van der Waals surface area contributed by atoms with Crippen molar-refractivity contribution in [2.45, 2.75) is 32.2 Å². The van der Waals surface area contributed by atoms with Gasteiger partial charge in [0.2, 0.25) is 5.91 Å². The molecular formula is C27H26ClN3O2. The Balaban J connectivity index is 1.36. The van der Waals surface area contributed by atoms with Crippen LogP contribution in [-0.2, 0) is 11.3 Å². The van der Waals surface area contributed by atoms with Crippen LogP contribution in [0.15, 0.2) is 72.8 Å². The summed E-state index contributed by atoms with van der Waals surface area (Å²) in [5, 5.41) is 0.591. The Labute approximate surface area is 198 Å². The Hall–Kier alpha value is -3.31. The second-order valence-electron chi connectivity index (χ2n) is 8.43. The molecule has 1 amide bonds. The molecule has 0 aliphatic carbocycles. The molecule has 1 aliphatic rings. The number of hydrogen-bond acceptors (Lipinski definition) is 3. The van der Waals surface area contributed by atoms with Crippen LogP contribution in [0.2, 0.25) is 5.02 Å². The Kier molecular flexibility index (Phi) is 6.05. The van der Waals surface area contributed by atoms with Crippen LogP contribution in [0.5, 0.6) is 5.75 Å². The van der Waals surface area contributed by atoms with Gasteiger partial charge in [-0.15, -0.1) is 0 Å². The molecule has 3 aromatic carbocycles. The van der Waals surface area contributed by atoms with Crippen LogP contribution in [0.1, 0.15) is 30.1 Å². The van der Waals surface area contributed by atoms with Gasteiger partial charge in [0.15, 0.2) is 0 Å². The fourth-order valence-electron chi connectivity index (χ4n) is 4.55. The zero-order chi connectivity index (χ0) is 22.8. The highest BCUT2D eigenvalue weighted by Crippen LogP contribution is 2.36. The number of hydrogen-bond donors (Lipinski definition) is 0. The van der Waals surface area contributed by atoms with Gasteiger partial charge in [0, 0.05) is 25.4 Å². The first-order valence-electron chi connectivity index (χ1n) is 11.3. The molecule has 168 valence electrons. The van der Waals surface area contributed by atoms with Gasteiger partial charge in [-0.2, -0.15) is 0 Å². The molecule has 5 nitrogen and oxygen atoms in total. The van der Waals surface area contributed by atoms with E-state index in [1.54, 1.807) is 4.90 Å². The molecule has 33 heavy (non-hydrogen) atoms. The number of anilines is 1. The van der Waals surface area contributed by atoms with Gasteiger partial charge in [-0.05, 0) is 49.2 Å². The Bertz CT molecular complexity index is 1300. The van der Waals surface area contributed by atoms with Gasteiger partial charge in [-0.1, -0.05) is 54.1 Å². The fraction of sp³-hybridized carbons (Fsp3) is 0.259. The first-order valence-corrected chi connectivity index (χ1v) is 11.7. The van der Waals surface area contributed by atoms with E-state index in [0.29, 0.717) is 24.6 Å². The first kappa shape index (κ1) is 21.5. The van der Waals surface area contributed by atoms with Crippen molar-refractivity contribution in [3.8, 4) is 5.75 Å². The summed E-state index contributed by atoms with van der Waals surface area (Å²) < 4.78 is 8.26. The second kappa shape index (κ2) is 9.28. The third kappa shape index (κ3) is 4.33. The van der Waals surface area contributed by atoms with Crippen LogP contribution in [-0.4, -0.2) is 28.6 Å². The fourth-order valence-corrected chi connectivity index (χ4v) is 4.79. The number of aromatic nitrogens is 2. The average Bonchev–Trinajstić information content (AvgIpc) is 3.38. The van der Waals surface area contributed by atoms with Crippen molar-refractivity contribution in [2.24, 2.45) is 0 Å². The van der Waals surface area contributed by atoms with Gasteiger partial charge in [0.25, 0.3) is 0 Å². The van der Waals surface area contributed by atoms with E-state index in [2.05, 4.69) is 23.6 Å². The van der Waals surface area contributed by atoms with Crippen molar-refractivity contribution >= 4 is 34.2 Å². The SMILES string of the molecule is Cc1ccccc1OCCCn1c(C2CC(=O)N(c3ccccc3Cl)C2)nc2ccccc21. The molecule has 0 bridgehead atoms. The van der Waals surface area contributed by atoms with Crippen molar-refractivity contribution in [1.29, 1.82) is 0 Å². The molecule has 1 aliphatic heterocycles. The van der Waals surface area contributed by atoms with Gasteiger partial charge in [0.1, 0.15) is 11.6 Å². The Morgan fingerprint density at radius 1 is 1.03 bits per heavy atom. The average molecular weight is 460 g/mol. The largest absolute Gasteiger partial charge is 0.493 e. The molecule has 1 fully saturated rings. The zero-order valence-electron chi connectivity index (χ0n) is 18.6. The number of nitrogens with zero attached hydrogens (tertiary/aromatic N) is 3. The number of imidazole rings is 1. The predicted octanol–water partition coefficient (Wildman–Crippen LogP) is 5.99. The topological polar surface area (TPSA) is 47.4 Å². The van der Waals surface area contributed by atoms with E-state index in [9.17, 15) is 4.79 Å². The third-order valence-corrected chi connectivity index (χ3v) is 6.51. The number of benzene rings is 3. The number of rotatable bonds is 7. The molecule has 0 spiro atoms. The summed E-state index contributed by atoms with van der Waals surface area (Å²) >= 11 is 6.38. The summed E-state index contributed by atoms with van der Waals surface area (Å²) in [6.45, 7) is 4.02. The van der Waals surface area contributed by atoms with E-state index >= 15 is 0 Å². The van der Waals surface area contributed by atoms with E-state index in [1.807, 2.05) is 60.7 Å². The Morgan fingerprint density at radius 3 is 2.64 bits per heavy atom. The van der Waals surface area contributed by atoms with E-state index in [4.69, 9.17) is 21.3 Å². The molecule has 0 saturated carbocycles. The van der Waals surface area contributed by atoms with Gasteiger partial charge >= 0.3 is 0 Å². The van der Waals surface area contributed by atoms with Crippen molar-refractivity contribution < 1.29 is 9.53 Å². The highest BCUT2D eigenvalue weighted by Gasteiger charge is 2.35. The van der Waals surface area contributed by atoms with Gasteiger partial charge in [-0.3, -0.25) is 4.79 Å². The van der Waals surface area contributed by atoms with Crippen LogP contribution >= 0.6 is 11.6 Å². The summed E-state index contributed by atoms with van der Waals surface area (Å²) in [6.07, 6.45) is 1.27. The number of aryl methyl sites for hydroxylation is 2. The summed E-state index contributed by atoms with van der Waals surface area (Å²) in [6, 6.07) is 23.7. The lowest BCUT2D eigenvalue weighted by atomic mass is 10.1. The Morgan fingerprint density at radius 2 is 1.79 bits per heavy atom. The maximum Gasteiger partial charge on any atom is 0.227 e. The quantitative estimate of drug-likeness (QED) is 0.319. The third-order valence-electron chi connectivity index (χ3n) is 6.19. The highest BCUT2D eigenvalue weighted by atomic mass is 35.5. The van der Waals surface area contributed by atoms with Crippen LogP contribution < -0.4 is 9.64 Å². The molecule has 1 aromatic heterocycles. The van der Waals surface area contributed by atoms with E-state index in [0.717, 1.165) is 46.8 Å². The minimum Gasteiger partial charge on any atom is -0.493 e. The van der Waals surface area contributed by atoms with Crippen molar-refractivity contribution in [3.05, 3.63) is 89.2 Å². The lowest BCUT2D eigenvalue weighted by Crippen LogP contribution is -2.24. The number of amides is 1. The normalized spacial score (nSPS) is 16.0. The number of fused-ring (bicyclic) bond motifs is 1. The van der Waals surface area contributed by atoms with E-state index < -0.39 is 0 Å². The molecule has 0 N–H and O–H groups in total. The molecule has 1 atom stereocenters. The van der Waals surface area contributed by atoms with Gasteiger partial charge < -0.3 is 14.2 Å². The molecule has 0 radical (unpaired) electrons. The highest BCUT2D eigenvalue weighted by molar-refractivity contribution is 6.33. The van der Waals surface area contributed by atoms with E-state index in [1.165, 1.54) is 0 Å². The van der Waals surface area contributed by atoms with Crippen LogP contribution in [0.25, 0.3) is 11.0 Å². The summed E-state index contributed by atoms with van der Waals surface area (Å²) in [4.78, 5) is 19.6. The molecule has 5 rings (SSSR count). The van der Waals surface area contributed by atoms with Crippen LogP contribution in [0.3, 0.4) is 0 Å². The molecule has 1 unspecified atom stereocenters. The standard InChI is InChI=1S/C27H26ClN3O2/c1-19-9-2-7-14-25(19)33-16-8-15-30-24-13-6-4-11-22(24)29-27(30)20-17-26(32)31(18-20)23-12-5-3-10-21(23)28/h2-7,9-14,20H,8,15-18H2,1H3. The van der Waals surface area contributed by atoms with Crippen molar-refractivity contribution in [1.82, 2.24) is 9.55 Å². The molecule has 1 saturated heterocycles. The number of para-hydroxylation sites is 4. The summed E-state index contributed by atoms with van der Waals surface area (Å²) in [7, 11) is 0. The monoisotopic (exact) mass is 459 g/mol. The molecule has 4 aromatic rings. The molecule has 2 heterocycles. The summed E-state index contributed by atoms with van der Waals surface area (Å²) in [5.41, 5.74) is 3.94. The zero-order valence-corrected chi connectivity index (χ0v) is 19.3. The summed E-state index contributed by atoms with van der Waals surface area (Å²) in [5.74, 6) is 1.97. The minimum atomic E-state index is 0.0125. The molecule has 6 heteroatoms. The lowest BCUT2D eigenvalue weighted by Gasteiger charge is -2.18. The number of carbonyl (C=O) groups is 1. The lowest BCUT2D eigenvalue weighted by molar-refractivity contribution is -0.117. The number of halogens is 1. The number of ether oxygens (including phenoxy) is 1. The van der Waals surface area contributed by atoms with Gasteiger partial charge in [0.05, 0.1) is 28.4 Å². The smallest absolute Gasteiger partial charge is 0.227 e. The second-order valence-corrected chi connectivity index (χ2v) is 8.84. The number of carbonyl (C=O) groups excluding carboxylic acids is 1. The van der Waals surface area contributed by atoms with Crippen LogP contribution in [0, 0.1) is 6.92 Å². The maximum absolute atomic E-state index is 12.9. The van der Waals surface area contributed by atoms with Crippen LogP contribution in [0.4, 0.5) is 5.69 Å². The first-order chi connectivity index (χ1) is 16.1. The van der Waals surface area contributed by atoms with Crippen molar-refractivity contribution in [3.63, 3.8) is 0 Å². The minimum absolute atomic E-state index is 0.0125. The maximum atomic E-state index is 12.9. The van der Waals surface area contributed by atoms with Crippen molar-refractivity contribution in [2.75, 3.05) is 18.1 Å². The van der Waals surface area contributed by atoms with E-state index in [-0.39, 0.29) is 11.8 Å². The predicted molar refractivity (Wildman–Crippen MR) is 132 cm³/mol. The van der Waals surface area contributed by atoms with Gasteiger partial charge in [-0.25, -0.2) is 4.98 Å².